The van der Waals surface area contributed by atoms with Crippen molar-refractivity contribution in [3.63, 3.8) is 0 Å². The lowest BCUT2D eigenvalue weighted by molar-refractivity contribution is -0.143. The Hall–Kier alpha value is -0.650. The maximum Gasteiger partial charge on any atom is 0.305 e. The molecule has 1 N–H and O–H groups in total. The van der Waals surface area contributed by atoms with Gasteiger partial charge < -0.3 is 19.5 Å². The molecule has 102 valence electrons. The Morgan fingerprint density at radius 1 is 1.12 bits per heavy atom. The molecule has 0 aromatic rings. The van der Waals surface area contributed by atoms with E-state index in [1.165, 1.54) is 0 Å². The Morgan fingerprint density at radius 2 is 1.76 bits per heavy atom. The summed E-state index contributed by atoms with van der Waals surface area (Å²) in [6, 6.07) is 0. The third-order valence-corrected chi connectivity index (χ3v) is 2.06. The third kappa shape index (κ3) is 10.2. The maximum absolute atomic E-state index is 11.0. The monoisotopic (exact) mass is 247 g/mol. The molecule has 0 amide bonds. The summed E-state index contributed by atoms with van der Waals surface area (Å²) < 4.78 is 15.6. The molecule has 0 fully saturated rings. The van der Waals surface area contributed by atoms with Gasteiger partial charge >= 0.3 is 5.97 Å². The van der Waals surface area contributed by atoms with Gasteiger partial charge in [-0.2, -0.15) is 0 Å². The average Bonchev–Trinajstić information content (AvgIpc) is 2.29. The number of nitrogens with one attached hydrogen (secondary N) is 1. The molecule has 0 saturated heterocycles. The first kappa shape index (κ1) is 16.4. The van der Waals surface area contributed by atoms with Gasteiger partial charge in [-0.1, -0.05) is 0 Å². The standard InChI is InChI=1S/C12H25NO4/c1-4-15-11(14)8-7-9-13-10-12(16-5-2)17-6-3/h12-13H,4-10H2,1-3H3. The van der Waals surface area contributed by atoms with Crippen molar-refractivity contribution in [2.75, 3.05) is 32.9 Å². The second-order valence-electron chi connectivity index (χ2n) is 3.45. The lowest BCUT2D eigenvalue weighted by atomic mass is 10.3. The Bertz CT molecular complexity index is 181. The van der Waals surface area contributed by atoms with Gasteiger partial charge in [0, 0.05) is 26.2 Å². The van der Waals surface area contributed by atoms with Crippen LogP contribution >= 0.6 is 0 Å². The van der Waals surface area contributed by atoms with Gasteiger partial charge in [0.15, 0.2) is 6.29 Å². The van der Waals surface area contributed by atoms with E-state index in [4.69, 9.17) is 14.2 Å². The van der Waals surface area contributed by atoms with Crippen LogP contribution in [0.4, 0.5) is 0 Å². The van der Waals surface area contributed by atoms with E-state index in [1.807, 2.05) is 20.8 Å². The molecule has 0 bridgehead atoms. The van der Waals surface area contributed by atoms with Gasteiger partial charge in [0.1, 0.15) is 0 Å². The number of ether oxygens (including phenoxy) is 3. The number of esters is 1. The number of hydrogen-bond acceptors (Lipinski definition) is 5. The number of carbonyl (C=O) groups is 1. The molecule has 0 saturated carbocycles. The minimum Gasteiger partial charge on any atom is -0.466 e. The largest absolute Gasteiger partial charge is 0.466 e. The van der Waals surface area contributed by atoms with Crippen molar-refractivity contribution in [3.8, 4) is 0 Å². The first-order chi connectivity index (χ1) is 8.24. The van der Waals surface area contributed by atoms with Crippen LogP contribution in [0.1, 0.15) is 33.6 Å². The van der Waals surface area contributed by atoms with Crippen LogP contribution in [-0.2, 0) is 19.0 Å². The molecule has 0 aromatic heterocycles. The zero-order valence-corrected chi connectivity index (χ0v) is 11.2. The van der Waals surface area contributed by atoms with E-state index in [0.717, 1.165) is 13.0 Å². The highest BCUT2D eigenvalue weighted by atomic mass is 16.7. The molecule has 0 unspecified atom stereocenters. The fraction of sp³-hybridized carbons (Fsp3) is 0.917. The Balaban J connectivity index is 3.44. The van der Waals surface area contributed by atoms with Gasteiger partial charge in [0.2, 0.25) is 0 Å². The summed E-state index contributed by atoms with van der Waals surface area (Å²) in [6.45, 7) is 8.80. The molecule has 0 aromatic carbocycles. The Kier molecular flexibility index (Phi) is 11.4. The van der Waals surface area contributed by atoms with Crippen LogP contribution in [0.3, 0.4) is 0 Å². The van der Waals surface area contributed by atoms with Crippen LogP contribution in [0.2, 0.25) is 0 Å². The molecule has 5 heteroatoms. The van der Waals surface area contributed by atoms with E-state index in [0.29, 0.717) is 32.8 Å². The highest BCUT2D eigenvalue weighted by Crippen LogP contribution is 1.95. The summed E-state index contributed by atoms with van der Waals surface area (Å²) >= 11 is 0. The van der Waals surface area contributed by atoms with Gasteiger partial charge in [0.25, 0.3) is 0 Å². The van der Waals surface area contributed by atoms with E-state index < -0.39 is 0 Å². The van der Waals surface area contributed by atoms with Crippen LogP contribution < -0.4 is 5.32 Å². The highest BCUT2D eigenvalue weighted by molar-refractivity contribution is 5.69. The molecule has 0 aliphatic rings. The molecule has 0 rings (SSSR count). The van der Waals surface area contributed by atoms with Crippen LogP contribution in [0.15, 0.2) is 0 Å². The lowest BCUT2D eigenvalue weighted by Crippen LogP contribution is -2.32. The van der Waals surface area contributed by atoms with Gasteiger partial charge in [-0.15, -0.1) is 0 Å². The summed E-state index contributed by atoms with van der Waals surface area (Å²) in [5.41, 5.74) is 0. The second kappa shape index (κ2) is 11.8. The number of rotatable bonds is 11. The van der Waals surface area contributed by atoms with Crippen molar-refractivity contribution in [3.05, 3.63) is 0 Å². The van der Waals surface area contributed by atoms with Crippen molar-refractivity contribution < 1.29 is 19.0 Å². The minimum absolute atomic E-state index is 0.138. The van der Waals surface area contributed by atoms with Crippen molar-refractivity contribution in [1.29, 1.82) is 0 Å². The molecule has 0 radical (unpaired) electrons. The smallest absolute Gasteiger partial charge is 0.305 e. The van der Waals surface area contributed by atoms with Crippen molar-refractivity contribution in [2.24, 2.45) is 0 Å². The predicted octanol–water partition coefficient (Wildman–Crippen LogP) is 1.32. The lowest BCUT2D eigenvalue weighted by Gasteiger charge is -2.17. The summed E-state index contributed by atoms with van der Waals surface area (Å²) in [5, 5.41) is 3.19. The molecule has 0 aliphatic carbocycles. The van der Waals surface area contributed by atoms with Crippen LogP contribution in [0.25, 0.3) is 0 Å². The topological polar surface area (TPSA) is 56.8 Å². The van der Waals surface area contributed by atoms with Crippen LogP contribution in [-0.4, -0.2) is 45.2 Å². The fourth-order valence-corrected chi connectivity index (χ4v) is 1.35. The molecular weight excluding hydrogens is 222 g/mol. The molecular formula is C12H25NO4. The van der Waals surface area contributed by atoms with Crippen LogP contribution in [0.5, 0.6) is 0 Å². The molecule has 17 heavy (non-hydrogen) atoms. The van der Waals surface area contributed by atoms with Crippen molar-refractivity contribution in [1.82, 2.24) is 5.32 Å². The van der Waals surface area contributed by atoms with E-state index in [-0.39, 0.29) is 12.3 Å². The maximum atomic E-state index is 11.0. The number of hydrogen-bond donors (Lipinski definition) is 1. The molecule has 0 atom stereocenters. The normalized spacial score (nSPS) is 10.8. The zero-order valence-electron chi connectivity index (χ0n) is 11.2. The summed E-state index contributed by atoms with van der Waals surface area (Å²) in [7, 11) is 0. The fourth-order valence-electron chi connectivity index (χ4n) is 1.35. The summed E-state index contributed by atoms with van der Waals surface area (Å²) in [6.07, 6.45) is 1.02. The molecule has 0 heterocycles. The highest BCUT2D eigenvalue weighted by Gasteiger charge is 2.07. The Labute approximate surface area is 104 Å². The van der Waals surface area contributed by atoms with Gasteiger partial charge in [-0.3, -0.25) is 4.79 Å². The quantitative estimate of drug-likeness (QED) is 0.339. The SMILES string of the molecule is CCOC(=O)CCCNCC(OCC)OCC. The first-order valence-corrected chi connectivity index (χ1v) is 6.34. The van der Waals surface area contributed by atoms with Crippen LogP contribution in [0, 0.1) is 0 Å². The van der Waals surface area contributed by atoms with Gasteiger partial charge in [-0.25, -0.2) is 0 Å². The van der Waals surface area contributed by atoms with Gasteiger partial charge in [0.05, 0.1) is 6.61 Å². The molecule has 5 nitrogen and oxygen atoms in total. The van der Waals surface area contributed by atoms with Gasteiger partial charge in [-0.05, 0) is 33.7 Å². The minimum atomic E-state index is -0.201. The van der Waals surface area contributed by atoms with Crippen molar-refractivity contribution >= 4 is 5.97 Å². The van der Waals surface area contributed by atoms with E-state index in [1.54, 1.807) is 0 Å². The van der Waals surface area contributed by atoms with E-state index in [9.17, 15) is 4.79 Å². The van der Waals surface area contributed by atoms with E-state index >= 15 is 0 Å². The third-order valence-electron chi connectivity index (χ3n) is 2.06. The van der Waals surface area contributed by atoms with Crippen molar-refractivity contribution in [2.45, 2.75) is 39.9 Å². The molecule has 0 spiro atoms. The molecule has 0 aliphatic heterocycles. The first-order valence-electron chi connectivity index (χ1n) is 6.34. The average molecular weight is 247 g/mol. The summed E-state index contributed by atoms with van der Waals surface area (Å²) in [4.78, 5) is 11.0. The van der Waals surface area contributed by atoms with E-state index in [2.05, 4.69) is 5.32 Å². The zero-order chi connectivity index (χ0) is 12.9. The predicted molar refractivity (Wildman–Crippen MR) is 65.8 cm³/mol. The Morgan fingerprint density at radius 3 is 2.29 bits per heavy atom. The second-order valence-corrected chi connectivity index (χ2v) is 3.45. The number of carbonyl (C=O) groups excluding carboxylic acids is 1. The summed E-state index contributed by atoms with van der Waals surface area (Å²) in [5.74, 6) is -0.138.